The molecular weight excluding hydrogens is 242 g/mol. The molecule has 1 aromatic heterocycles. The highest BCUT2D eigenvalue weighted by atomic mass is 16.4. The van der Waals surface area contributed by atoms with Crippen LogP contribution in [0, 0.1) is 11.3 Å². The van der Waals surface area contributed by atoms with Gasteiger partial charge >= 0.3 is 5.97 Å². The lowest BCUT2D eigenvalue weighted by Crippen LogP contribution is -1.98. The van der Waals surface area contributed by atoms with E-state index < -0.39 is 5.97 Å². The summed E-state index contributed by atoms with van der Waals surface area (Å²) >= 11 is 0. The quantitative estimate of drug-likeness (QED) is 0.667. The Morgan fingerprint density at radius 2 is 1.84 bits per heavy atom. The minimum absolute atomic E-state index is 0.351. The summed E-state index contributed by atoms with van der Waals surface area (Å²) in [6.07, 6.45) is 4.20. The number of carbonyl (C=O) groups is 1. The summed E-state index contributed by atoms with van der Waals surface area (Å²) in [4.78, 5) is 19.0. The summed E-state index contributed by atoms with van der Waals surface area (Å²) in [5.74, 6) is -0.721. The third-order valence-corrected chi connectivity index (χ3v) is 2.37. The first-order valence-corrected chi connectivity index (χ1v) is 5.43. The monoisotopic (exact) mass is 251 g/mol. The molecule has 19 heavy (non-hydrogen) atoms. The van der Waals surface area contributed by atoms with Crippen molar-refractivity contribution in [1.82, 2.24) is 9.97 Å². The number of aromatic nitrogens is 2. The number of carboxylic acid groups (broad SMARTS) is 1. The van der Waals surface area contributed by atoms with Crippen LogP contribution in [-0.4, -0.2) is 21.0 Å². The van der Waals surface area contributed by atoms with Gasteiger partial charge in [0.25, 0.3) is 0 Å². The molecule has 0 atom stereocenters. The molecule has 0 fully saturated rings. The number of benzene rings is 1. The molecule has 92 valence electrons. The predicted octanol–water partition coefficient (Wildman–Crippen LogP) is 2.14. The van der Waals surface area contributed by atoms with Crippen molar-refractivity contribution in [2.45, 2.75) is 0 Å². The summed E-state index contributed by atoms with van der Waals surface area (Å²) in [6.45, 7) is 0. The van der Waals surface area contributed by atoms with E-state index in [9.17, 15) is 4.79 Å². The lowest BCUT2D eigenvalue weighted by molar-refractivity contribution is -0.132. The van der Waals surface area contributed by atoms with E-state index in [1.165, 1.54) is 18.5 Å². The summed E-state index contributed by atoms with van der Waals surface area (Å²) in [5.41, 5.74) is 0.992. The van der Waals surface area contributed by atoms with Crippen LogP contribution in [0.3, 0.4) is 0 Å². The van der Waals surface area contributed by atoms with Crippen molar-refractivity contribution in [2.24, 2.45) is 0 Å². The van der Waals surface area contributed by atoms with E-state index in [0.717, 1.165) is 5.56 Å². The average Bonchev–Trinajstić information content (AvgIpc) is 2.46. The molecule has 0 spiro atoms. The van der Waals surface area contributed by atoms with Crippen LogP contribution in [0.15, 0.2) is 48.3 Å². The van der Waals surface area contributed by atoms with E-state index in [0.29, 0.717) is 11.4 Å². The van der Waals surface area contributed by atoms with E-state index >= 15 is 0 Å². The normalized spacial score (nSPS) is 10.8. The fourth-order valence-corrected chi connectivity index (χ4v) is 1.46. The Morgan fingerprint density at radius 3 is 2.37 bits per heavy atom. The summed E-state index contributed by atoms with van der Waals surface area (Å²) in [5, 5.41) is 17.4. The third kappa shape index (κ3) is 3.01. The van der Waals surface area contributed by atoms with E-state index in [1.807, 2.05) is 30.3 Å². The van der Waals surface area contributed by atoms with Crippen LogP contribution in [0.25, 0.3) is 17.5 Å². The smallest absolute Gasteiger partial charge is 0.346 e. The Balaban J connectivity index is 2.30. The maximum atomic E-state index is 10.7. The van der Waals surface area contributed by atoms with E-state index in [4.69, 9.17) is 10.4 Å². The van der Waals surface area contributed by atoms with E-state index in [-0.39, 0.29) is 5.57 Å². The van der Waals surface area contributed by atoms with Crippen molar-refractivity contribution < 1.29 is 9.90 Å². The highest BCUT2D eigenvalue weighted by Crippen LogP contribution is 2.14. The van der Waals surface area contributed by atoms with Crippen LogP contribution in [-0.2, 0) is 4.79 Å². The molecule has 0 aliphatic rings. The largest absolute Gasteiger partial charge is 0.477 e. The van der Waals surface area contributed by atoms with Crippen molar-refractivity contribution in [3.63, 3.8) is 0 Å². The van der Waals surface area contributed by atoms with Gasteiger partial charge in [-0.05, 0) is 6.08 Å². The lowest BCUT2D eigenvalue weighted by atomic mass is 10.2. The molecule has 1 heterocycles. The fraction of sp³-hybridized carbons (Fsp3) is 0. The van der Waals surface area contributed by atoms with Gasteiger partial charge in [0.15, 0.2) is 5.82 Å². The van der Waals surface area contributed by atoms with Crippen molar-refractivity contribution in [3.8, 4) is 17.5 Å². The Kier molecular flexibility index (Phi) is 3.64. The van der Waals surface area contributed by atoms with E-state index in [1.54, 1.807) is 6.07 Å². The van der Waals surface area contributed by atoms with Crippen molar-refractivity contribution in [3.05, 3.63) is 53.9 Å². The molecule has 2 aromatic rings. The zero-order valence-corrected chi connectivity index (χ0v) is 9.82. The minimum atomic E-state index is -1.27. The van der Waals surface area contributed by atoms with Gasteiger partial charge in [0.05, 0.1) is 0 Å². The Labute approximate surface area is 109 Å². The number of hydrogen-bond acceptors (Lipinski definition) is 4. The second-order valence-electron chi connectivity index (χ2n) is 3.68. The zero-order valence-electron chi connectivity index (χ0n) is 9.82. The van der Waals surface area contributed by atoms with Crippen LogP contribution < -0.4 is 0 Å². The first kappa shape index (κ1) is 12.5. The zero-order chi connectivity index (χ0) is 13.7. The third-order valence-electron chi connectivity index (χ3n) is 2.37. The number of rotatable bonds is 3. The SMILES string of the molecule is N#C/C(=C\c1cnc(-c2ccccc2)nc1)C(=O)O. The number of carboxylic acids is 1. The van der Waals surface area contributed by atoms with Gasteiger partial charge in [0, 0.05) is 23.5 Å². The Hall–Kier alpha value is -3.00. The minimum Gasteiger partial charge on any atom is -0.477 e. The molecular formula is C14H9N3O2. The van der Waals surface area contributed by atoms with Crippen LogP contribution in [0.2, 0.25) is 0 Å². The summed E-state index contributed by atoms with van der Waals surface area (Å²) in [7, 11) is 0. The molecule has 1 N–H and O–H groups in total. The fourth-order valence-electron chi connectivity index (χ4n) is 1.46. The number of aliphatic carboxylic acids is 1. The number of nitriles is 1. The van der Waals surface area contributed by atoms with Gasteiger partial charge in [-0.1, -0.05) is 30.3 Å². The predicted molar refractivity (Wildman–Crippen MR) is 68.7 cm³/mol. The van der Waals surface area contributed by atoms with Gasteiger partial charge in [-0.2, -0.15) is 5.26 Å². The van der Waals surface area contributed by atoms with Crippen molar-refractivity contribution in [2.75, 3.05) is 0 Å². The van der Waals surface area contributed by atoms with Gasteiger partial charge in [-0.15, -0.1) is 0 Å². The van der Waals surface area contributed by atoms with Gasteiger partial charge in [-0.3, -0.25) is 0 Å². The molecule has 5 nitrogen and oxygen atoms in total. The molecule has 0 saturated heterocycles. The van der Waals surface area contributed by atoms with Gasteiger partial charge < -0.3 is 5.11 Å². The van der Waals surface area contributed by atoms with Crippen LogP contribution >= 0.6 is 0 Å². The number of hydrogen-bond donors (Lipinski definition) is 1. The van der Waals surface area contributed by atoms with Crippen molar-refractivity contribution >= 4 is 12.0 Å². The topological polar surface area (TPSA) is 86.9 Å². The molecule has 2 rings (SSSR count). The molecule has 1 aromatic carbocycles. The standard InChI is InChI=1S/C14H9N3O2/c15-7-12(14(18)19)6-10-8-16-13(17-9-10)11-4-2-1-3-5-11/h1-6,8-9H,(H,18,19)/b12-6+. The Morgan fingerprint density at radius 1 is 1.21 bits per heavy atom. The maximum Gasteiger partial charge on any atom is 0.346 e. The van der Waals surface area contributed by atoms with E-state index in [2.05, 4.69) is 9.97 Å². The molecule has 0 bridgehead atoms. The summed E-state index contributed by atoms with van der Waals surface area (Å²) in [6, 6.07) is 11.0. The van der Waals surface area contributed by atoms with Crippen LogP contribution in [0.4, 0.5) is 0 Å². The Bertz CT molecular complexity index is 655. The van der Waals surface area contributed by atoms with Gasteiger partial charge in [0.1, 0.15) is 11.6 Å². The second kappa shape index (κ2) is 5.56. The molecule has 0 amide bonds. The second-order valence-corrected chi connectivity index (χ2v) is 3.68. The molecule has 0 unspecified atom stereocenters. The highest BCUT2D eigenvalue weighted by Gasteiger charge is 2.06. The molecule has 0 saturated carbocycles. The van der Waals surface area contributed by atoms with Crippen LogP contribution in [0.5, 0.6) is 0 Å². The molecule has 0 aliphatic carbocycles. The number of nitrogens with zero attached hydrogens (tertiary/aromatic N) is 3. The molecule has 5 heteroatoms. The van der Waals surface area contributed by atoms with Crippen LogP contribution in [0.1, 0.15) is 5.56 Å². The maximum absolute atomic E-state index is 10.7. The van der Waals surface area contributed by atoms with Crippen molar-refractivity contribution in [1.29, 1.82) is 5.26 Å². The van der Waals surface area contributed by atoms with Gasteiger partial charge in [-0.25, -0.2) is 14.8 Å². The summed E-state index contributed by atoms with van der Waals surface area (Å²) < 4.78 is 0. The highest BCUT2D eigenvalue weighted by molar-refractivity contribution is 5.96. The average molecular weight is 251 g/mol. The van der Waals surface area contributed by atoms with Gasteiger partial charge in [0.2, 0.25) is 0 Å². The first-order valence-electron chi connectivity index (χ1n) is 5.43. The first-order chi connectivity index (χ1) is 9.20. The lowest BCUT2D eigenvalue weighted by Gasteiger charge is -1.99. The molecule has 0 aliphatic heterocycles. The molecule has 0 radical (unpaired) electrons.